The van der Waals surface area contributed by atoms with Crippen LogP contribution >= 0.6 is 11.6 Å². The molecule has 0 aliphatic rings. The maximum atomic E-state index is 13.5. The summed E-state index contributed by atoms with van der Waals surface area (Å²) in [6.07, 6.45) is 2.03. The van der Waals surface area contributed by atoms with Crippen molar-refractivity contribution in [3.63, 3.8) is 0 Å². The molecule has 4 rings (SSSR count). The summed E-state index contributed by atoms with van der Waals surface area (Å²) in [6.45, 7) is 4.29. The molecule has 158 valence electrons. The van der Waals surface area contributed by atoms with E-state index in [0.717, 1.165) is 0 Å². The Kier molecular flexibility index (Phi) is 5.91. The molecule has 2 aromatic heterocycles. The average molecular weight is 436 g/mol. The number of aromatic nitrogens is 2. The van der Waals surface area contributed by atoms with Crippen molar-refractivity contribution in [2.45, 2.75) is 26.3 Å². The predicted octanol–water partition coefficient (Wildman–Crippen LogP) is 5.25. The van der Waals surface area contributed by atoms with Gasteiger partial charge in [0.2, 0.25) is 0 Å². The predicted molar refractivity (Wildman–Crippen MR) is 121 cm³/mol. The molecule has 0 N–H and O–H groups in total. The summed E-state index contributed by atoms with van der Waals surface area (Å²) < 4.78 is 6.89. The Bertz CT molecular complexity index is 1280. The van der Waals surface area contributed by atoms with E-state index in [1.54, 1.807) is 51.9 Å². The van der Waals surface area contributed by atoms with Crippen LogP contribution in [0.3, 0.4) is 0 Å². The molecule has 0 saturated heterocycles. The summed E-state index contributed by atoms with van der Waals surface area (Å²) >= 11 is 6.23. The van der Waals surface area contributed by atoms with Crippen LogP contribution in [0.4, 0.5) is 0 Å². The van der Waals surface area contributed by atoms with Crippen LogP contribution in [0.5, 0.6) is 0 Å². The zero-order chi connectivity index (χ0) is 22.0. The number of para-hydroxylation sites is 1. The summed E-state index contributed by atoms with van der Waals surface area (Å²) in [5.74, 6) is 0.479. The lowest BCUT2D eigenvalue weighted by Crippen LogP contribution is -2.38. The Balaban J connectivity index is 1.97. The molecule has 1 atom stereocenters. The molecule has 0 spiro atoms. The van der Waals surface area contributed by atoms with E-state index in [2.05, 4.69) is 0 Å². The quantitative estimate of drug-likeness (QED) is 0.415. The van der Waals surface area contributed by atoms with Gasteiger partial charge in [0.05, 0.1) is 28.9 Å². The van der Waals surface area contributed by atoms with Gasteiger partial charge in [-0.25, -0.2) is 4.98 Å². The molecule has 1 unspecified atom stereocenters. The van der Waals surface area contributed by atoms with E-state index in [-0.39, 0.29) is 17.2 Å². The van der Waals surface area contributed by atoms with Crippen molar-refractivity contribution >= 4 is 28.4 Å². The zero-order valence-corrected chi connectivity index (χ0v) is 18.0. The van der Waals surface area contributed by atoms with Gasteiger partial charge in [0.15, 0.2) is 5.76 Å². The first-order valence-corrected chi connectivity index (χ1v) is 10.5. The second-order valence-electron chi connectivity index (χ2n) is 7.10. The molecular formula is C24H22ClN3O3. The van der Waals surface area contributed by atoms with Gasteiger partial charge in [0, 0.05) is 11.6 Å². The molecule has 2 heterocycles. The van der Waals surface area contributed by atoms with Crippen LogP contribution < -0.4 is 5.56 Å². The minimum atomic E-state index is -0.445. The maximum Gasteiger partial charge on any atom is 0.290 e. The standard InChI is InChI=1S/C24H22ClN3O3/c1-3-20(27(4-2)24(30)21-13-8-14-31-21)22-26-19-12-6-5-11-18(19)23(29)28(22)17-10-7-9-16(25)15-17/h5-15,20H,3-4H2,1-2H3. The SMILES string of the molecule is CCC(c1nc2ccccc2c(=O)n1-c1cccc(Cl)c1)N(CC)C(=O)c1ccco1. The third-order valence-electron chi connectivity index (χ3n) is 5.26. The summed E-state index contributed by atoms with van der Waals surface area (Å²) in [7, 11) is 0. The van der Waals surface area contributed by atoms with E-state index < -0.39 is 6.04 Å². The number of fused-ring (bicyclic) bond motifs is 1. The lowest BCUT2D eigenvalue weighted by molar-refractivity contribution is 0.0639. The molecule has 0 saturated carbocycles. The molecule has 1 amide bonds. The van der Waals surface area contributed by atoms with E-state index in [1.807, 2.05) is 32.0 Å². The Labute approximate surface area is 184 Å². The third-order valence-corrected chi connectivity index (χ3v) is 5.50. The van der Waals surface area contributed by atoms with Crippen molar-refractivity contribution in [3.05, 3.63) is 93.9 Å². The van der Waals surface area contributed by atoms with Gasteiger partial charge in [0.25, 0.3) is 11.5 Å². The highest BCUT2D eigenvalue weighted by molar-refractivity contribution is 6.30. The average Bonchev–Trinajstić information content (AvgIpc) is 3.32. The van der Waals surface area contributed by atoms with Crippen molar-refractivity contribution in [2.75, 3.05) is 6.54 Å². The van der Waals surface area contributed by atoms with Crippen molar-refractivity contribution < 1.29 is 9.21 Å². The number of halogens is 1. The van der Waals surface area contributed by atoms with Crippen LogP contribution in [0.25, 0.3) is 16.6 Å². The third kappa shape index (κ3) is 3.86. The molecule has 0 aliphatic heterocycles. The number of carbonyl (C=O) groups excluding carboxylic acids is 1. The Morgan fingerprint density at radius 1 is 1.13 bits per heavy atom. The summed E-state index contributed by atoms with van der Waals surface area (Å²) in [5, 5.41) is 1.01. The highest BCUT2D eigenvalue weighted by Crippen LogP contribution is 2.28. The van der Waals surface area contributed by atoms with Gasteiger partial charge >= 0.3 is 0 Å². The van der Waals surface area contributed by atoms with Crippen LogP contribution in [-0.2, 0) is 0 Å². The monoisotopic (exact) mass is 435 g/mol. The minimum absolute atomic E-state index is 0.206. The van der Waals surface area contributed by atoms with Crippen LogP contribution in [0.15, 0.2) is 76.1 Å². The van der Waals surface area contributed by atoms with Crippen LogP contribution in [-0.4, -0.2) is 26.9 Å². The number of amides is 1. The van der Waals surface area contributed by atoms with E-state index in [0.29, 0.717) is 40.4 Å². The summed E-state index contributed by atoms with van der Waals surface area (Å²) in [5.41, 5.74) is 0.981. The molecule has 0 fully saturated rings. The van der Waals surface area contributed by atoms with Crippen molar-refractivity contribution in [1.29, 1.82) is 0 Å². The highest BCUT2D eigenvalue weighted by atomic mass is 35.5. The second kappa shape index (κ2) is 8.78. The fourth-order valence-electron chi connectivity index (χ4n) is 3.83. The lowest BCUT2D eigenvalue weighted by Gasteiger charge is -2.30. The van der Waals surface area contributed by atoms with Gasteiger partial charge in [0.1, 0.15) is 5.82 Å². The van der Waals surface area contributed by atoms with Crippen molar-refractivity contribution in [1.82, 2.24) is 14.5 Å². The number of carbonyl (C=O) groups is 1. The van der Waals surface area contributed by atoms with E-state index in [1.165, 1.54) is 6.26 Å². The van der Waals surface area contributed by atoms with Crippen LogP contribution in [0.2, 0.25) is 5.02 Å². The fourth-order valence-corrected chi connectivity index (χ4v) is 4.01. The van der Waals surface area contributed by atoms with E-state index >= 15 is 0 Å². The van der Waals surface area contributed by atoms with Crippen LogP contribution in [0.1, 0.15) is 42.7 Å². The summed E-state index contributed by atoms with van der Waals surface area (Å²) in [6, 6.07) is 17.1. The van der Waals surface area contributed by atoms with Crippen molar-refractivity contribution in [3.8, 4) is 5.69 Å². The molecule has 31 heavy (non-hydrogen) atoms. The molecule has 4 aromatic rings. The van der Waals surface area contributed by atoms with Gasteiger partial charge in [-0.15, -0.1) is 0 Å². The first-order chi connectivity index (χ1) is 15.0. The van der Waals surface area contributed by atoms with Gasteiger partial charge < -0.3 is 9.32 Å². The van der Waals surface area contributed by atoms with Crippen LogP contribution in [0, 0.1) is 0 Å². The minimum Gasteiger partial charge on any atom is -0.459 e. The molecular weight excluding hydrogens is 414 g/mol. The smallest absolute Gasteiger partial charge is 0.290 e. The van der Waals surface area contributed by atoms with Crippen molar-refractivity contribution in [2.24, 2.45) is 0 Å². The molecule has 7 heteroatoms. The first-order valence-electron chi connectivity index (χ1n) is 10.2. The Hall–Kier alpha value is -3.38. The Morgan fingerprint density at radius 2 is 1.94 bits per heavy atom. The number of hydrogen-bond donors (Lipinski definition) is 0. The largest absolute Gasteiger partial charge is 0.459 e. The molecule has 0 aliphatic carbocycles. The first kappa shape index (κ1) is 20.9. The zero-order valence-electron chi connectivity index (χ0n) is 17.3. The van der Waals surface area contributed by atoms with Gasteiger partial charge in [-0.1, -0.05) is 36.7 Å². The molecule has 0 bridgehead atoms. The number of rotatable bonds is 6. The Morgan fingerprint density at radius 3 is 2.61 bits per heavy atom. The number of benzene rings is 2. The van der Waals surface area contributed by atoms with Gasteiger partial charge in [-0.2, -0.15) is 0 Å². The van der Waals surface area contributed by atoms with E-state index in [9.17, 15) is 9.59 Å². The summed E-state index contributed by atoms with van der Waals surface area (Å²) in [4.78, 5) is 33.2. The number of hydrogen-bond acceptors (Lipinski definition) is 4. The second-order valence-corrected chi connectivity index (χ2v) is 7.54. The topological polar surface area (TPSA) is 68.3 Å². The molecule has 6 nitrogen and oxygen atoms in total. The number of nitrogens with zero attached hydrogens (tertiary/aromatic N) is 3. The maximum absolute atomic E-state index is 13.5. The van der Waals surface area contributed by atoms with Gasteiger partial charge in [-0.3, -0.25) is 14.2 Å². The highest BCUT2D eigenvalue weighted by Gasteiger charge is 2.29. The normalized spacial score (nSPS) is 12.1. The lowest BCUT2D eigenvalue weighted by atomic mass is 10.1. The molecule has 0 radical (unpaired) electrons. The van der Waals surface area contributed by atoms with Gasteiger partial charge in [-0.05, 0) is 55.8 Å². The van der Waals surface area contributed by atoms with E-state index in [4.69, 9.17) is 21.0 Å². The fraction of sp³-hybridized carbons (Fsp3) is 0.208. The molecule has 2 aromatic carbocycles. The number of furan rings is 1.